The Labute approximate surface area is 170 Å². The Morgan fingerprint density at radius 2 is 1.79 bits per heavy atom. The van der Waals surface area contributed by atoms with Crippen LogP contribution in [0.1, 0.15) is 29.9 Å². The van der Waals surface area contributed by atoms with E-state index in [2.05, 4.69) is 4.90 Å². The summed E-state index contributed by atoms with van der Waals surface area (Å²) in [6, 6.07) is 14.0. The molecule has 0 aromatic heterocycles. The highest BCUT2D eigenvalue weighted by molar-refractivity contribution is 5.84. The van der Waals surface area contributed by atoms with Gasteiger partial charge in [-0.1, -0.05) is 24.3 Å². The van der Waals surface area contributed by atoms with Crippen molar-refractivity contribution in [3.8, 4) is 5.75 Å². The number of ether oxygens (including phenoxy) is 1. The molecule has 2 heterocycles. The molecule has 3 atom stereocenters. The zero-order valence-electron chi connectivity index (χ0n) is 16.6. The lowest BCUT2D eigenvalue weighted by molar-refractivity contribution is -0.133. The average molecular weight is 398 g/mol. The molecule has 1 amide bonds. The van der Waals surface area contributed by atoms with Gasteiger partial charge in [0.25, 0.3) is 0 Å². The minimum absolute atomic E-state index is 0.0731. The van der Waals surface area contributed by atoms with Crippen molar-refractivity contribution in [2.24, 2.45) is 0 Å². The van der Waals surface area contributed by atoms with Crippen LogP contribution in [0.25, 0.3) is 0 Å². The number of amides is 1. The van der Waals surface area contributed by atoms with Crippen molar-refractivity contribution in [1.29, 1.82) is 0 Å². The number of likely N-dealkylation sites (tertiary alicyclic amines) is 2. The monoisotopic (exact) mass is 398 g/mol. The first-order valence-electron chi connectivity index (χ1n) is 10.1. The summed E-state index contributed by atoms with van der Waals surface area (Å²) in [6.07, 6.45) is 1.07. The molecule has 2 saturated heterocycles. The van der Waals surface area contributed by atoms with E-state index < -0.39 is 6.10 Å². The summed E-state index contributed by atoms with van der Waals surface area (Å²) in [5.74, 6) is 0.708. The minimum atomic E-state index is -0.504. The molecule has 154 valence electrons. The standard InChI is InChI=1S/C23H27FN2O3/c1-29-19-8-4-17(5-9-19)20-10-12-25(15-22(20)27)21-11-13-26(23(21)28)14-16-2-6-18(24)7-3-16/h2-9,20-22,27H,10-15H2,1H3/t20-,21+,22+/m0/s1. The smallest absolute Gasteiger partial charge is 0.240 e. The summed E-state index contributed by atoms with van der Waals surface area (Å²) in [5, 5.41) is 10.8. The molecule has 29 heavy (non-hydrogen) atoms. The Kier molecular flexibility index (Phi) is 5.83. The van der Waals surface area contributed by atoms with E-state index in [1.165, 1.54) is 12.1 Å². The third-order valence-corrected chi connectivity index (χ3v) is 6.15. The number of rotatable bonds is 5. The maximum absolute atomic E-state index is 13.1. The van der Waals surface area contributed by atoms with Crippen LogP contribution in [0.5, 0.6) is 5.75 Å². The highest BCUT2D eigenvalue weighted by atomic mass is 19.1. The van der Waals surface area contributed by atoms with Crippen molar-refractivity contribution in [1.82, 2.24) is 9.80 Å². The van der Waals surface area contributed by atoms with Crippen LogP contribution in [0.3, 0.4) is 0 Å². The molecule has 6 heteroatoms. The quantitative estimate of drug-likeness (QED) is 0.842. The number of hydrogen-bond acceptors (Lipinski definition) is 4. The van der Waals surface area contributed by atoms with Crippen LogP contribution < -0.4 is 4.74 Å². The fourth-order valence-electron chi connectivity index (χ4n) is 4.51. The second-order valence-electron chi connectivity index (χ2n) is 7.92. The highest BCUT2D eigenvalue weighted by Gasteiger charge is 2.39. The van der Waals surface area contributed by atoms with Gasteiger partial charge in [0, 0.05) is 25.6 Å². The number of aliphatic hydroxyl groups excluding tert-OH is 1. The summed E-state index contributed by atoms with van der Waals surface area (Å²) in [6.45, 7) is 2.47. The lowest BCUT2D eigenvalue weighted by Crippen LogP contribution is -2.50. The Hall–Kier alpha value is -2.44. The first-order chi connectivity index (χ1) is 14.0. The van der Waals surface area contributed by atoms with Gasteiger partial charge < -0.3 is 14.7 Å². The number of aliphatic hydroxyl groups is 1. The Bertz CT molecular complexity index is 840. The van der Waals surface area contributed by atoms with Gasteiger partial charge in [-0.3, -0.25) is 9.69 Å². The van der Waals surface area contributed by atoms with Gasteiger partial charge in [0.05, 0.1) is 19.3 Å². The van der Waals surface area contributed by atoms with Gasteiger partial charge in [-0.25, -0.2) is 4.39 Å². The maximum atomic E-state index is 13.1. The molecule has 2 fully saturated rings. The molecular weight excluding hydrogens is 371 g/mol. The van der Waals surface area contributed by atoms with Crippen LogP contribution in [-0.2, 0) is 11.3 Å². The third-order valence-electron chi connectivity index (χ3n) is 6.15. The number of carbonyl (C=O) groups is 1. The van der Waals surface area contributed by atoms with Crippen LogP contribution in [0.15, 0.2) is 48.5 Å². The van der Waals surface area contributed by atoms with E-state index in [1.54, 1.807) is 19.2 Å². The summed E-state index contributed by atoms with van der Waals surface area (Å²) in [7, 11) is 1.64. The van der Waals surface area contributed by atoms with Gasteiger partial charge in [-0.15, -0.1) is 0 Å². The van der Waals surface area contributed by atoms with Crippen LogP contribution in [0.4, 0.5) is 4.39 Å². The first-order valence-corrected chi connectivity index (χ1v) is 10.1. The van der Waals surface area contributed by atoms with Gasteiger partial charge in [-0.05, 0) is 54.8 Å². The Morgan fingerprint density at radius 3 is 2.45 bits per heavy atom. The zero-order valence-corrected chi connectivity index (χ0v) is 16.6. The predicted octanol–water partition coefficient (Wildman–Crippen LogP) is 2.79. The van der Waals surface area contributed by atoms with Crippen LogP contribution >= 0.6 is 0 Å². The lowest BCUT2D eigenvalue weighted by atomic mass is 9.86. The first kappa shape index (κ1) is 19.9. The molecule has 2 aromatic carbocycles. The molecule has 2 aliphatic rings. The number of halogens is 1. The van der Waals surface area contributed by atoms with Crippen molar-refractivity contribution in [3.05, 3.63) is 65.5 Å². The van der Waals surface area contributed by atoms with Gasteiger partial charge in [0.1, 0.15) is 11.6 Å². The molecule has 4 rings (SSSR count). The second-order valence-corrected chi connectivity index (χ2v) is 7.92. The molecular formula is C23H27FN2O3. The molecule has 1 N–H and O–H groups in total. The predicted molar refractivity (Wildman–Crippen MR) is 108 cm³/mol. The van der Waals surface area contributed by atoms with Crippen molar-refractivity contribution >= 4 is 5.91 Å². The summed E-state index contributed by atoms with van der Waals surface area (Å²) in [4.78, 5) is 16.9. The lowest BCUT2D eigenvalue weighted by Gasteiger charge is -2.38. The molecule has 0 saturated carbocycles. The second kappa shape index (κ2) is 8.51. The minimum Gasteiger partial charge on any atom is -0.497 e. The van der Waals surface area contributed by atoms with E-state index in [0.717, 1.165) is 36.3 Å². The Balaban J connectivity index is 1.36. The highest BCUT2D eigenvalue weighted by Crippen LogP contribution is 2.32. The summed E-state index contributed by atoms with van der Waals surface area (Å²) < 4.78 is 18.3. The number of nitrogens with zero attached hydrogens (tertiary/aromatic N) is 2. The maximum Gasteiger partial charge on any atom is 0.240 e. The number of carbonyl (C=O) groups excluding carboxylic acids is 1. The zero-order chi connectivity index (χ0) is 20.4. The van der Waals surface area contributed by atoms with Crippen molar-refractivity contribution < 1.29 is 19.0 Å². The number of piperidine rings is 1. The number of benzene rings is 2. The fourth-order valence-corrected chi connectivity index (χ4v) is 4.51. The fraction of sp³-hybridized carbons (Fsp3) is 0.435. The molecule has 0 spiro atoms. The van der Waals surface area contributed by atoms with Crippen molar-refractivity contribution in [2.45, 2.75) is 37.5 Å². The topological polar surface area (TPSA) is 53.0 Å². The summed E-state index contributed by atoms with van der Waals surface area (Å²) in [5.41, 5.74) is 2.03. The van der Waals surface area contributed by atoms with E-state index in [0.29, 0.717) is 19.6 Å². The molecule has 0 radical (unpaired) electrons. The normalized spacial score (nSPS) is 25.4. The van der Waals surface area contributed by atoms with Crippen LogP contribution in [0, 0.1) is 5.82 Å². The van der Waals surface area contributed by atoms with E-state index in [1.807, 2.05) is 29.2 Å². The van der Waals surface area contributed by atoms with Gasteiger partial charge >= 0.3 is 0 Å². The van der Waals surface area contributed by atoms with Crippen LogP contribution in [-0.4, -0.2) is 59.7 Å². The number of methoxy groups -OCH3 is 1. The molecule has 5 nitrogen and oxygen atoms in total. The van der Waals surface area contributed by atoms with Crippen molar-refractivity contribution in [2.75, 3.05) is 26.7 Å². The molecule has 2 aromatic rings. The molecule has 0 aliphatic carbocycles. The van der Waals surface area contributed by atoms with Crippen LogP contribution in [0.2, 0.25) is 0 Å². The van der Waals surface area contributed by atoms with Crippen molar-refractivity contribution in [3.63, 3.8) is 0 Å². The Morgan fingerprint density at radius 1 is 1.07 bits per heavy atom. The average Bonchev–Trinajstić information content (AvgIpc) is 3.10. The number of hydrogen-bond donors (Lipinski definition) is 1. The van der Waals surface area contributed by atoms with Gasteiger partial charge in [-0.2, -0.15) is 0 Å². The van der Waals surface area contributed by atoms with Gasteiger partial charge in [0.2, 0.25) is 5.91 Å². The van der Waals surface area contributed by atoms with E-state index in [9.17, 15) is 14.3 Å². The summed E-state index contributed by atoms with van der Waals surface area (Å²) >= 11 is 0. The van der Waals surface area contributed by atoms with Gasteiger partial charge in [0.15, 0.2) is 0 Å². The van der Waals surface area contributed by atoms with E-state index >= 15 is 0 Å². The SMILES string of the molecule is COc1ccc([C@@H]2CCN([C@@H]3CCN(Cc4ccc(F)cc4)C3=O)C[C@H]2O)cc1. The molecule has 0 unspecified atom stereocenters. The van der Waals surface area contributed by atoms with E-state index in [4.69, 9.17) is 4.74 Å². The number of β-amino-alcohol motifs (C(OH)–C–C–N with tert-alkyl or cyclic N) is 1. The van der Waals surface area contributed by atoms with E-state index in [-0.39, 0.29) is 23.7 Å². The largest absolute Gasteiger partial charge is 0.497 e. The molecule has 2 aliphatic heterocycles. The third kappa shape index (κ3) is 4.28. The molecule has 0 bridgehead atoms.